The second kappa shape index (κ2) is 7.03. The average Bonchev–Trinajstić information content (AvgIpc) is 3.18. The Hall–Kier alpha value is -0.910. The number of rotatable bonds is 7. The van der Waals surface area contributed by atoms with Crippen LogP contribution in [-0.2, 0) is 16.1 Å². The van der Waals surface area contributed by atoms with Crippen LogP contribution in [0.25, 0.3) is 0 Å². The van der Waals surface area contributed by atoms with E-state index >= 15 is 0 Å². The van der Waals surface area contributed by atoms with Gasteiger partial charge in [-0.05, 0) is 37.4 Å². The molecule has 4 nitrogen and oxygen atoms in total. The molecule has 0 bridgehead atoms. The molecule has 0 spiro atoms. The van der Waals surface area contributed by atoms with Gasteiger partial charge in [-0.2, -0.15) is 0 Å². The summed E-state index contributed by atoms with van der Waals surface area (Å²) < 4.78 is 6.10. The number of hydrogen-bond donors (Lipinski definition) is 2. The number of ether oxygens (including phenoxy) is 1. The molecule has 0 atom stereocenters. The van der Waals surface area contributed by atoms with Crippen molar-refractivity contribution in [2.75, 3.05) is 25.5 Å². The Balaban J connectivity index is 1.89. The number of anilines is 1. The van der Waals surface area contributed by atoms with Gasteiger partial charge < -0.3 is 15.4 Å². The van der Waals surface area contributed by atoms with Crippen LogP contribution in [0.15, 0.2) is 22.7 Å². The molecule has 1 amide bonds. The van der Waals surface area contributed by atoms with E-state index in [1.54, 1.807) is 7.11 Å². The van der Waals surface area contributed by atoms with Crippen LogP contribution < -0.4 is 10.6 Å². The van der Waals surface area contributed by atoms with E-state index in [2.05, 4.69) is 26.6 Å². The molecule has 0 radical (unpaired) electrons. The largest absolute Gasteiger partial charge is 0.380 e. The predicted molar refractivity (Wildman–Crippen MR) is 79.1 cm³/mol. The quantitative estimate of drug-likeness (QED) is 0.809. The van der Waals surface area contributed by atoms with Crippen LogP contribution >= 0.6 is 15.9 Å². The molecule has 0 unspecified atom stereocenters. The molecule has 1 aromatic carbocycles. The zero-order valence-corrected chi connectivity index (χ0v) is 12.6. The van der Waals surface area contributed by atoms with Gasteiger partial charge >= 0.3 is 0 Å². The van der Waals surface area contributed by atoms with Crippen LogP contribution in [0.4, 0.5) is 5.69 Å². The lowest BCUT2D eigenvalue weighted by Crippen LogP contribution is -2.29. The van der Waals surface area contributed by atoms with Crippen molar-refractivity contribution in [1.29, 1.82) is 0 Å². The zero-order valence-electron chi connectivity index (χ0n) is 11.0. The second-order valence-electron chi connectivity index (χ2n) is 4.82. The molecule has 2 N–H and O–H groups in total. The Kier molecular flexibility index (Phi) is 5.36. The molecular weight excluding hydrogens is 308 g/mol. The monoisotopic (exact) mass is 326 g/mol. The molecule has 1 aliphatic rings. The lowest BCUT2D eigenvalue weighted by Gasteiger charge is -2.12. The first-order valence-electron chi connectivity index (χ1n) is 6.47. The van der Waals surface area contributed by atoms with Crippen molar-refractivity contribution < 1.29 is 9.53 Å². The molecule has 19 heavy (non-hydrogen) atoms. The standard InChI is InChI=1S/C14H19BrN2O2/c1-19-9-11-12(15)3-2-4-13(11)17-14(18)8-16-7-10-5-6-10/h2-4,10,16H,5-9H2,1H3,(H,17,18). The number of carbonyl (C=O) groups excluding carboxylic acids is 1. The van der Waals surface area contributed by atoms with E-state index in [1.807, 2.05) is 18.2 Å². The minimum absolute atomic E-state index is 0.0175. The van der Waals surface area contributed by atoms with E-state index in [-0.39, 0.29) is 5.91 Å². The molecule has 1 aliphatic carbocycles. The van der Waals surface area contributed by atoms with Gasteiger partial charge in [0.15, 0.2) is 0 Å². The highest BCUT2D eigenvalue weighted by Crippen LogP contribution is 2.27. The molecule has 0 saturated heterocycles. The maximum Gasteiger partial charge on any atom is 0.238 e. The Labute approximate surface area is 122 Å². The van der Waals surface area contributed by atoms with E-state index in [0.29, 0.717) is 13.2 Å². The molecule has 0 aliphatic heterocycles. The van der Waals surface area contributed by atoms with Gasteiger partial charge in [0.2, 0.25) is 5.91 Å². The summed E-state index contributed by atoms with van der Waals surface area (Å²) in [6, 6.07) is 5.73. The summed E-state index contributed by atoms with van der Waals surface area (Å²) in [6.45, 7) is 1.76. The summed E-state index contributed by atoms with van der Waals surface area (Å²) >= 11 is 3.47. The van der Waals surface area contributed by atoms with Gasteiger partial charge in [-0.1, -0.05) is 22.0 Å². The van der Waals surface area contributed by atoms with Gasteiger partial charge in [0.1, 0.15) is 0 Å². The lowest BCUT2D eigenvalue weighted by atomic mass is 10.2. The highest BCUT2D eigenvalue weighted by Gasteiger charge is 2.20. The van der Waals surface area contributed by atoms with Crippen molar-refractivity contribution in [2.45, 2.75) is 19.4 Å². The number of nitrogens with one attached hydrogen (secondary N) is 2. The Bertz CT molecular complexity index is 447. The normalized spacial score (nSPS) is 14.4. The summed E-state index contributed by atoms with van der Waals surface area (Å²) in [7, 11) is 1.64. The third-order valence-corrected chi connectivity index (χ3v) is 3.84. The summed E-state index contributed by atoms with van der Waals surface area (Å²) in [6.07, 6.45) is 2.58. The topological polar surface area (TPSA) is 50.4 Å². The van der Waals surface area contributed by atoms with Crippen LogP contribution in [0.3, 0.4) is 0 Å². The first kappa shape index (κ1) is 14.5. The van der Waals surface area contributed by atoms with E-state index in [4.69, 9.17) is 4.74 Å². The van der Waals surface area contributed by atoms with Crippen LogP contribution in [0, 0.1) is 5.92 Å². The second-order valence-corrected chi connectivity index (χ2v) is 5.68. The number of halogens is 1. The van der Waals surface area contributed by atoms with Gasteiger partial charge in [-0.3, -0.25) is 4.79 Å². The molecular formula is C14H19BrN2O2. The molecule has 5 heteroatoms. The zero-order chi connectivity index (χ0) is 13.7. The SMILES string of the molecule is COCc1c(Br)cccc1NC(=O)CNCC1CC1. The van der Waals surface area contributed by atoms with Crippen LogP contribution in [0.2, 0.25) is 0 Å². The molecule has 0 heterocycles. The maximum absolute atomic E-state index is 11.9. The van der Waals surface area contributed by atoms with Gasteiger partial charge in [-0.15, -0.1) is 0 Å². The number of hydrogen-bond acceptors (Lipinski definition) is 3. The van der Waals surface area contributed by atoms with Crippen molar-refractivity contribution in [1.82, 2.24) is 5.32 Å². The number of carbonyl (C=O) groups is 1. The highest BCUT2D eigenvalue weighted by atomic mass is 79.9. The number of benzene rings is 1. The predicted octanol–water partition coefficient (Wildman–Crippen LogP) is 2.53. The summed E-state index contributed by atoms with van der Waals surface area (Å²) in [4.78, 5) is 11.9. The fraction of sp³-hybridized carbons (Fsp3) is 0.500. The van der Waals surface area contributed by atoms with E-state index in [9.17, 15) is 4.79 Å². The first-order chi connectivity index (χ1) is 9.20. The lowest BCUT2D eigenvalue weighted by molar-refractivity contribution is -0.115. The van der Waals surface area contributed by atoms with Gasteiger partial charge in [0.25, 0.3) is 0 Å². The van der Waals surface area contributed by atoms with Crippen LogP contribution in [0.5, 0.6) is 0 Å². The van der Waals surface area contributed by atoms with E-state index in [1.165, 1.54) is 12.8 Å². The minimum Gasteiger partial charge on any atom is -0.380 e. The van der Waals surface area contributed by atoms with Gasteiger partial charge in [0.05, 0.1) is 13.2 Å². The molecule has 1 aromatic rings. The van der Waals surface area contributed by atoms with E-state index < -0.39 is 0 Å². The third kappa shape index (κ3) is 4.60. The molecule has 104 valence electrons. The summed E-state index contributed by atoms with van der Waals surface area (Å²) in [5.41, 5.74) is 1.76. The van der Waals surface area contributed by atoms with E-state index in [0.717, 1.165) is 28.2 Å². The minimum atomic E-state index is -0.0175. The molecule has 1 saturated carbocycles. The number of amides is 1. The third-order valence-electron chi connectivity index (χ3n) is 3.10. The fourth-order valence-corrected chi connectivity index (χ4v) is 2.35. The fourth-order valence-electron chi connectivity index (χ4n) is 1.87. The van der Waals surface area contributed by atoms with Gasteiger partial charge in [-0.25, -0.2) is 0 Å². The maximum atomic E-state index is 11.9. The molecule has 2 rings (SSSR count). The van der Waals surface area contributed by atoms with Crippen molar-refractivity contribution >= 4 is 27.5 Å². The highest BCUT2D eigenvalue weighted by molar-refractivity contribution is 9.10. The van der Waals surface area contributed by atoms with Crippen molar-refractivity contribution in [3.8, 4) is 0 Å². The smallest absolute Gasteiger partial charge is 0.238 e. The Morgan fingerprint density at radius 3 is 2.95 bits per heavy atom. The molecule has 1 fully saturated rings. The Morgan fingerprint density at radius 1 is 1.47 bits per heavy atom. The summed E-state index contributed by atoms with van der Waals surface area (Å²) in [5.74, 6) is 0.763. The van der Waals surface area contributed by atoms with Crippen molar-refractivity contribution in [3.63, 3.8) is 0 Å². The summed E-state index contributed by atoms with van der Waals surface area (Å²) in [5, 5.41) is 6.10. The van der Waals surface area contributed by atoms with Crippen molar-refractivity contribution in [2.24, 2.45) is 5.92 Å². The number of methoxy groups -OCH3 is 1. The molecule has 0 aromatic heterocycles. The average molecular weight is 327 g/mol. The Morgan fingerprint density at radius 2 is 2.26 bits per heavy atom. The first-order valence-corrected chi connectivity index (χ1v) is 7.27. The van der Waals surface area contributed by atoms with Crippen molar-refractivity contribution in [3.05, 3.63) is 28.2 Å². The van der Waals surface area contributed by atoms with Gasteiger partial charge in [0, 0.05) is 22.8 Å². The van der Waals surface area contributed by atoms with Crippen LogP contribution in [-0.4, -0.2) is 26.1 Å². The van der Waals surface area contributed by atoms with Crippen LogP contribution in [0.1, 0.15) is 18.4 Å².